The third kappa shape index (κ3) is 5.52. The molecule has 5 rings (SSSR count). The molecule has 1 unspecified atom stereocenters. The van der Waals surface area contributed by atoms with Gasteiger partial charge < -0.3 is 14.6 Å². The fraction of sp³-hybridized carbons (Fsp3) is 0.424. The number of fused-ring (bicyclic) bond motifs is 1. The van der Waals surface area contributed by atoms with E-state index in [0.717, 1.165) is 54.4 Å². The van der Waals surface area contributed by atoms with E-state index in [1.807, 2.05) is 18.2 Å². The molecule has 0 aromatic heterocycles. The molecule has 0 radical (unpaired) electrons. The van der Waals surface area contributed by atoms with Crippen LogP contribution >= 0.6 is 0 Å². The molecule has 2 aliphatic rings. The molecule has 2 atom stereocenters. The molecule has 39 heavy (non-hydrogen) atoms. The van der Waals surface area contributed by atoms with Gasteiger partial charge in [-0.05, 0) is 101 Å². The Kier molecular flexibility index (Phi) is 7.66. The molecule has 1 fully saturated rings. The summed E-state index contributed by atoms with van der Waals surface area (Å²) in [4.78, 5) is 11.4. The number of methoxy groups -OCH3 is 1. The van der Waals surface area contributed by atoms with Gasteiger partial charge in [-0.15, -0.1) is 0 Å². The maximum atomic E-state index is 15.6. The summed E-state index contributed by atoms with van der Waals surface area (Å²) in [5.41, 5.74) is 4.70. The number of aryl methyl sites for hydroxylation is 1. The number of carboxylic acid groups (broad SMARTS) is 1. The van der Waals surface area contributed by atoms with Crippen LogP contribution in [0.4, 0.5) is 8.78 Å². The Morgan fingerprint density at radius 2 is 1.85 bits per heavy atom. The van der Waals surface area contributed by atoms with Crippen molar-refractivity contribution >= 4 is 5.97 Å². The number of benzene rings is 3. The number of hydrogen-bond acceptors (Lipinski definition) is 3. The predicted octanol–water partition coefficient (Wildman–Crippen LogP) is 8.41. The number of carboxylic acids is 1. The Labute approximate surface area is 229 Å². The minimum Gasteiger partial charge on any atom is -0.497 e. The van der Waals surface area contributed by atoms with E-state index >= 15 is 8.78 Å². The first-order valence-corrected chi connectivity index (χ1v) is 13.8. The third-order valence-corrected chi connectivity index (χ3v) is 8.67. The van der Waals surface area contributed by atoms with Crippen LogP contribution in [0.2, 0.25) is 0 Å². The second-order valence-electron chi connectivity index (χ2n) is 11.6. The van der Waals surface area contributed by atoms with Crippen LogP contribution in [0.25, 0.3) is 11.1 Å². The Hall–Kier alpha value is -3.41. The van der Waals surface area contributed by atoms with Crippen LogP contribution in [-0.2, 0) is 17.8 Å². The van der Waals surface area contributed by atoms with Gasteiger partial charge in [-0.1, -0.05) is 44.5 Å². The zero-order valence-corrected chi connectivity index (χ0v) is 22.9. The Balaban J connectivity index is 1.48. The molecular formula is C33H36F2O4. The summed E-state index contributed by atoms with van der Waals surface area (Å²) >= 11 is 0. The van der Waals surface area contributed by atoms with E-state index in [-0.39, 0.29) is 41.8 Å². The largest absolute Gasteiger partial charge is 0.497 e. The van der Waals surface area contributed by atoms with Gasteiger partial charge in [0.05, 0.1) is 13.5 Å². The van der Waals surface area contributed by atoms with Crippen molar-refractivity contribution in [1.82, 2.24) is 0 Å². The van der Waals surface area contributed by atoms with E-state index in [1.54, 1.807) is 25.3 Å². The molecule has 3 aromatic rings. The summed E-state index contributed by atoms with van der Waals surface area (Å²) in [6.45, 7) is 4.67. The zero-order chi connectivity index (χ0) is 27.7. The third-order valence-electron chi connectivity index (χ3n) is 8.67. The second kappa shape index (κ2) is 11.0. The molecule has 0 spiro atoms. The van der Waals surface area contributed by atoms with Gasteiger partial charge in [0.25, 0.3) is 0 Å². The summed E-state index contributed by atoms with van der Waals surface area (Å²) < 4.78 is 42.0. The zero-order valence-electron chi connectivity index (χ0n) is 22.9. The van der Waals surface area contributed by atoms with E-state index in [1.165, 1.54) is 6.07 Å². The second-order valence-corrected chi connectivity index (χ2v) is 11.6. The number of rotatable bonds is 8. The number of ether oxygens (including phenoxy) is 2. The van der Waals surface area contributed by atoms with Gasteiger partial charge in [-0.2, -0.15) is 0 Å². The molecule has 206 valence electrons. The average Bonchev–Trinajstić information content (AvgIpc) is 3.27. The van der Waals surface area contributed by atoms with E-state index < -0.39 is 11.8 Å². The normalized spacial score (nSPS) is 19.9. The molecule has 0 aliphatic heterocycles. The summed E-state index contributed by atoms with van der Waals surface area (Å²) in [5, 5.41) is 9.32. The lowest BCUT2D eigenvalue weighted by Crippen LogP contribution is -2.17. The van der Waals surface area contributed by atoms with Crippen LogP contribution in [0.1, 0.15) is 86.5 Å². The van der Waals surface area contributed by atoms with E-state index in [4.69, 9.17) is 9.47 Å². The molecule has 0 amide bonds. The Morgan fingerprint density at radius 3 is 2.56 bits per heavy atom. The number of halogens is 2. The fourth-order valence-corrected chi connectivity index (χ4v) is 6.62. The first-order valence-electron chi connectivity index (χ1n) is 13.8. The first kappa shape index (κ1) is 27.2. The molecule has 1 N–H and O–H groups in total. The van der Waals surface area contributed by atoms with Crippen molar-refractivity contribution in [2.24, 2.45) is 5.41 Å². The van der Waals surface area contributed by atoms with Gasteiger partial charge >= 0.3 is 5.97 Å². The quantitative estimate of drug-likeness (QED) is 0.315. The van der Waals surface area contributed by atoms with Crippen molar-refractivity contribution in [2.75, 3.05) is 7.11 Å². The molecule has 4 nitrogen and oxygen atoms in total. The summed E-state index contributed by atoms with van der Waals surface area (Å²) in [6.07, 6.45) is 5.38. The maximum Gasteiger partial charge on any atom is 0.303 e. The predicted molar refractivity (Wildman–Crippen MR) is 147 cm³/mol. The highest BCUT2D eigenvalue weighted by Crippen LogP contribution is 2.51. The highest BCUT2D eigenvalue weighted by atomic mass is 19.1. The molecule has 6 heteroatoms. The molecule has 0 heterocycles. The highest BCUT2D eigenvalue weighted by Gasteiger charge is 2.37. The van der Waals surface area contributed by atoms with Gasteiger partial charge in [-0.3, -0.25) is 4.79 Å². The highest BCUT2D eigenvalue weighted by molar-refractivity contribution is 5.71. The number of carbonyl (C=O) groups is 1. The van der Waals surface area contributed by atoms with Crippen molar-refractivity contribution in [3.8, 4) is 22.6 Å². The van der Waals surface area contributed by atoms with Crippen molar-refractivity contribution in [3.63, 3.8) is 0 Å². The van der Waals surface area contributed by atoms with Crippen LogP contribution in [0.15, 0.2) is 48.5 Å². The Bertz CT molecular complexity index is 1380. The number of aliphatic carboxylic acids is 1. The van der Waals surface area contributed by atoms with Crippen LogP contribution in [0.5, 0.6) is 11.5 Å². The van der Waals surface area contributed by atoms with Crippen LogP contribution in [0, 0.1) is 17.0 Å². The van der Waals surface area contributed by atoms with Crippen LogP contribution in [0.3, 0.4) is 0 Å². The SMILES string of the molecule is COc1ccc(F)c(-c2ccc(COc3ccc4c(c3F)C(CC(=O)O)CCC4)cc2[C@H]2CCCC2(C)C)c1. The monoisotopic (exact) mass is 534 g/mol. The lowest BCUT2D eigenvalue weighted by atomic mass is 9.75. The van der Waals surface area contributed by atoms with Gasteiger partial charge in [0.2, 0.25) is 0 Å². The van der Waals surface area contributed by atoms with E-state index in [9.17, 15) is 9.90 Å². The van der Waals surface area contributed by atoms with Gasteiger partial charge in [0.1, 0.15) is 18.2 Å². The molecule has 3 aromatic carbocycles. The van der Waals surface area contributed by atoms with Gasteiger partial charge in [0, 0.05) is 5.56 Å². The lowest BCUT2D eigenvalue weighted by molar-refractivity contribution is -0.137. The van der Waals surface area contributed by atoms with Crippen LogP contribution < -0.4 is 9.47 Å². The molecule has 2 aliphatic carbocycles. The van der Waals surface area contributed by atoms with E-state index in [2.05, 4.69) is 19.9 Å². The van der Waals surface area contributed by atoms with E-state index in [0.29, 0.717) is 23.3 Å². The maximum absolute atomic E-state index is 15.6. The summed E-state index contributed by atoms with van der Waals surface area (Å²) in [7, 11) is 1.57. The fourth-order valence-electron chi connectivity index (χ4n) is 6.62. The van der Waals surface area contributed by atoms with Crippen molar-refractivity contribution in [2.45, 2.75) is 77.2 Å². The smallest absolute Gasteiger partial charge is 0.303 e. The van der Waals surface area contributed by atoms with Gasteiger partial charge in [-0.25, -0.2) is 8.78 Å². The van der Waals surface area contributed by atoms with Crippen molar-refractivity contribution in [3.05, 3.63) is 82.4 Å². The summed E-state index contributed by atoms with van der Waals surface area (Å²) in [5.74, 6) is -1.04. The molecular weight excluding hydrogens is 498 g/mol. The minimum atomic E-state index is -0.923. The standard InChI is InChI=1S/C33H36F2O4/c1-33(2)15-5-8-27(33)25-16-20(9-12-24(25)26-18-23(38-3)11-13-28(26)34)19-39-29-14-10-21-6-4-7-22(17-30(36)37)31(21)32(29)35/h9-14,16,18,22,27H,4-8,15,17,19H2,1-3H3,(H,36,37)/t22?,27-/m1/s1. The molecule has 0 saturated heterocycles. The van der Waals surface area contributed by atoms with Crippen molar-refractivity contribution in [1.29, 1.82) is 0 Å². The van der Waals surface area contributed by atoms with Crippen LogP contribution in [-0.4, -0.2) is 18.2 Å². The molecule has 0 bridgehead atoms. The Morgan fingerprint density at radius 1 is 1.03 bits per heavy atom. The summed E-state index contributed by atoms with van der Waals surface area (Å²) in [6, 6.07) is 14.2. The number of hydrogen-bond donors (Lipinski definition) is 1. The topological polar surface area (TPSA) is 55.8 Å². The molecule has 1 saturated carbocycles. The van der Waals surface area contributed by atoms with Gasteiger partial charge in [0.15, 0.2) is 11.6 Å². The first-order chi connectivity index (χ1) is 18.7. The minimum absolute atomic E-state index is 0.0628. The average molecular weight is 535 g/mol. The lowest BCUT2D eigenvalue weighted by Gasteiger charge is -2.30. The van der Waals surface area contributed by atoms with Crippen molar-refractivity contribution < 1.29 is 28.2 Å².